The first kappa shape index (κ1) is 11.9. The van der Waals surface area contributed by atoms with E-state index in [1.807, 2.05) is 0 Å². The average molecular weight is 227 g/mol. The fourth-order valence-corrected chi connectivity index (χ4v) is 1.47. The molecule has 0 bridgehead atoms. The first-order chi connectivity index (χ1) is 7.06. The molecule has 80 valence electrons. The number of hydrogen-bond acceptors (Lipinski definition) is 4. The number of aliphatic hydroxyl groups excluding tert-OH is 2. The highest BCUT2D eigenvalue weighted by Crippen LogP contribution is 2.23. The largest absolute Gasteiger partial charge is 0.389 e. The highest BCUT2D eigenvalue weighted by atomic mass is 35.5. The van der Waals surface area contributed by atoms with E-state index in [2.05, 4.69) is 4.98 Å². The van der Waals surface area contributed by atoms with Gasteiger partial charge in [-0.1, -0.05) is 11.6 Å². The zero-order valence-electron chi connectivity index (χ0n) is 8.18. The zero-order valence-corrected chi connectivity index (χ0v) is 8.94. The minimum Gasteiger partial charge on any atom is -0.389 e. The molecule has 0 saturated carbocycles. The summed E-state index contributed by atoms with van der Waals surface area (Å²) in [6.45, 7) is 1.76. The van der Waals surface area contributed by atoms with Crippen molar-refractivity contribution in [2.45, 2.75) is 25.6 Å². The average Bonchev–Trinajstić information content (AvgIpc) is 2.17. The second-order valence-electron chi connectivity index (χ2n) is 3.24. The molecule has 2 N–H and O–H groups in total. The molecule has 4 nitrogen and oxygen atoms in total. The number of aromatic nitrogens is 1. The van der Waals surface area contributed by atoms with Crippen LogP contribution in [-0.4, -0.2) is 21.3 Å². The molecule has 0 radical (unpaired) electrons. The van der Waals surface area contributed by atoms with Crippen molar-refractivity contribution >= 4 is 11.6 Å². The van der Waals surface area contributed by atoms with Crippen molar-refractivity contribution in [2.24, 2.45) is 0 Å². The Balaban J connectivity index is 2.91. The van der Waals surface area contributed by atoms with Crippen LogP contribution in [0, 0.1) is 18.3 Å². The highest BCUT2D eigenvalue weighted by molar-refractivity contribution is 6.29. The minimum atomic E-state index is -1.10. The maximum Gasteiger partial charge on any atom is 0.129 e. The Hall–Kier alpha value is -1.15. The van der Waals surface area contributed by atoms with Crippen molar-refractivity contribution < 1.29 is 10.2 Å². The Morgan fingerprint density at radius 1 is 1.60 bits per heavy atom. The predicted molar refractivity (Wildman–Crippen MR) is 55.2 cm³/mol. The number of pyridine rings is 1. The molecule has 2 unspecified atom stereocenters. The summed E-state index contributed by atoms with van der Waals surface area (Å²) < 4.78 is 0. The van der Waals surface area contributed by atoms with Gasteiger partial charge in [0.05, 0.1) is 18.6 Å². The van der Waals surface area contributed by atoms with Gasteiger partial charge in [0.15, 0.2) is 0 Å². The van der Waals surface area contributed by atoms with Gasteiger partial charge in [-0.2, -0.15) is 5.26 Å². The third-order valence-electron chi connectivity index (χ3n) is 2.10. The molecule has 0 amide bonds. The number of nitriles is 1. The van der Waals surface area contributed by atoms with Crippen molar-refractivity contribution in [3.63, 3.8) is 0 Å². The van der Waals surface area contributed by atoms with Crippen LogP contribution in [0.25, 0.3) is 0 Å². The van der Waals surface area contributed by atoms with E-state index in [0.29, 0.717) is 10.7 Å². The van der Waals surface area contributed by atoms with Crippen LogP contribution in [0.15, 0.2) is 12.3 Å². The highest BCUT2D eigenvalue weighted by Gasteiger charge is 2.20. The Morgan fingerprint density at radius 2 is 2.27 bits per heavy atom. The lowest BCUT2D eigenvalue weighted by Crippen LogP contribution is -2.18. The predicted octanol–water partition coefficient (Wildman–Crippen LogP) is 1.35. The number of halogens is 1. The normalized spacial score (nSPS) is 14.3. The van der Waals surface area contributed by atoms with E-state index >= 15 is 0 Å². The maximum absolute atomic E-state index is 9.71. The number of aryl methyl sites for hydroxylation is 1. The molecular formula is C10H11ClN2O2. The Bertz CT molecular complexity index is 389. The summed E-state index contributed by atoms with van der Waals surface area (Å²) in [6, 6.07) is 3.39. The lowest BCUT2D eigenvalue weighted by Gasteiger charge is -2.17. The van der Waals surface area contributed by atoms with Gasteiger partial charge < -0.3 is 10.2 Å². The molecule has 0 aliphatic rings. The summed E-state index contributed by atoms with van der Waals surface area (Å²) in [5.74, 6) is 0. The van der Waals surface area contributed by atoms with Gasteiger partial charge in [0.2, 0.25) is 0 Å². The summed E-state index contributed by atoms with van der Waals surface area (Å²) in [4.78, 5) is 3.81. The van der Waals surface area contributed by atoms with E-state index in [-0.39, 0.29) is 6.42 Å². The topological polar surface area (TPSA) is 77.1 Å². The first-order valence-electron chi connectivity index (χ1n) is 4.41. The number of nitrogens with zero attached hydrogens (tertiary/aromatic N) is 2. The lowest BCUT2D eigenvalue weighted by atomic mass is 10.0. The number of hydrogen-bond donors (Lipinski definition) is 2. The smallest absolute Gasteiger partial charge is 0.129 e. The first-order valence-corrected chi connectivity index (χ1v) is 4.79. The van der Waals surface area contributed by atoms with Crippen LogP contribution in [-0.2, 0) is 0 Å². The second kappa shape index (κ2) is 5.08. The zero-order chi connectivity index (χ0) is 11.4. The maximum atomic E-state index is 9.71. The van der Waals surface area contributed by atoms with Crippen LogP contribution >= 0.6 is 11.6 Å². The number of aliphatic hydroxyl groups is 2. The molecule has 15 heavy (non-hydrogen) atoms. The molecule has 2 atom stereocenters. The summed E-state index contributed by atoms with van der Waals surface area (Å²) in [7, 11) is 0. The molecule has 0 spiro atoms. The third-order valence-corrected chi connectivity index (χ3v) is 2.31. The van der Waals surface area contributed by atoms with E-state index in [0.717, 1.165) is 5.56 Å². The van der Waals surface area contributed by atoms with E-state index in [4.69, 9.17) is 16.9 Å². The van der Waals surface area contributed by atoms with Gasteiger partial charge in [-0.15, -0.1) is 0 Å². The second-order valence-corrected chi connectivity index (χ2v) is 3.63. The van der Waals surface area contributed by atoms with Gasteiger partial charge in [-0.25, -0.2) is 4.98 Å². The molecule has 1 aromatic heterocycles. The lowest BCUT2D eigenvalue weighted by molar-refractivity contribution is 0.0210. The summed E-state index contributed by atoms with van der Waals surface area (Å²) in [5.41, 5.74) is 1.22. The van der Waals surface area contributed by atoms with Crippen LogP contribution in [0.4, 0.5) is 0 Å². The van der Waals surface area contributed by atoms with Gasteiger partial charge in [0.25, 0.3) is 0 Å². The third kappa shape index (κ3) is 2.90. The van der Waals surface area contributed by atoms with Gasteiger partial charge >= 0.3 is 0 Å². The van der Waals surface area contributed by atoms with E-state index in [9.17, 15) is 10.2 Å². The molecular weight excluding hydrogens is 216 g/mol. The van der Waals surface area contributed by atoms with Crippen molar-refractivity contribution in [1.29, 1.82) is 5.26 Å². The minimum absolute atomic E-state index is 0.122. The Kier molecular flexibility index (Phi) is 4.04. The summed E-state index contributed by atoms with van der Waals surface area (Å²) in [5, 5.41) is 27.9. The molecule has 5 heteroatoms. The molecule has 0 aliphatic carbocycles. The fourth-order valence-electron chi connectivity index (χ4n) is 1.25. The standard InChI is InChI=1S/C10H11ClN2O2/c1-6-4-9(11)13-5-7(6)10(15)8(14)2-3-12/h4-5,8,10,14-15H,2H2,1H3. The van der Waals surface area contributed by atoms with Crippen molar-refractivity contribution in [3.05, 3.63) is 28.5 Å². The molecule has 1 aromatic rings. The van der Waals surface area contributed by atoms with Crippen LogP contribution < -0.4 is 0 Å². The molecule has 0 aromatic carbocycles. The van der Waals surface area contributed by atoms with Crippen LogP contribution in [0.2, 0.25) is 5.15 Å². The van der Waals surface area contributed by atoms with E-state index in [1.54, 1.807) is 19.1 Å². The van der Waals surface area contributed by atoms with Gasteiger partial charge in [0, 0.05) is 11.8 Å². The van der Waals surface area contributed by atoms with Crippen LogP contribution in [0.3, 0.4) is 0 Å². The van der Waals surface area contributed by atoms with E-state index < -0.39 is 12.2 Å². The summed E-state index contributed by atoms with van der Waals surface area (Å²) in [6.07, 6.45) is -0.919. The van der Waals surface area contributed by atoms with Gasteiger partial charge in [0.1, 0.15) is 11.3 Å². The molecule has 1 heterocycles. The number of rotatable bonds is 3. The van der Waals surface area contributed by atoms with Gasteiger partial charge in [-0.05, 0) is 18.6 Å². The molecule has 0 saturated heterocycles. The monoisotopic (exact) mass is 226 g/mol. The Morgan fingerprint density at radius 3 is 2.80 bits per heavy atom. The van der Waals surface area contributed by atoms with Crippen molar-refractivity contribution in [2.75, 3.05) is 0 Å². The quantitative estimate of drug-likeness (QED) is 0.763. The van der Waals surface area contributed by atoms with Crippen LogP contribution in [0.1, 0.15) is 23.7 Å². The van der Waals surface area contributed by atoms with E-state index in [1.165, 1.54) is 6.20 Å². The van der Waals surface area contributed by atoms with Gasteiger partial charge in [-0.3, -0.25) is 0 Å². The fraction of sp³-hybridized carbons (Fsp3) is 0.400. The molecule has 0 fully saturated rings. The SMILES string of the molecule is Cc1cc(Cl)ncc1C(O)C(O)CC#N. The Labute approximate surface area is 92.8 Å². The van der Waals surface area contributed by atoms with Crippen molar-refractivity contribution in [1.82, 2.24) is 4.98 Å². The van der Waals surface area contributed by atoms with Crippen LogP contribution in [0.5, 0.6) is 0 Å². The molecule has 0 aliphatic heterocycles. The van der Waals surface area contributed by atoms with Crippen molar-refractivity contribution in [3.8, 4) is 6.07 Å². The summed E-state index contributed by atoms with van der Waals surface area (Å²) >= 11 is 5.65. The molecule has 1 rings (SSSR count).